The third-order valence-corrected chi connectivity index (χ3v) is 3.36. The van der Waals surface area contributed by atoms with Gasteiger partial charge in [-0.2, -0.15) is 0 Å². The topological polar surface area (TPSA) is 84.4 Å². The van der Waals surface area contributed by atoms with E-state index in [0.717, 1.165) is 25.8 Å². The van der Waals surface area contributed by atoms with Gasteiger partial charge in [0.25, 0.3) is 0 Å². The van der Waals surface area contributed by atoms with Gasteiger partial charge in [0, 0.05) is 13.6 Å². The Bertz CT molecular complexity index is 506. The Hall–Kier alpha value is -2.18. The van der Waals surface area contributed by atoms with Crippen molar-refractivity contribution >= 4 is 17.7 Å². The number of amides is 1. The van der Waals surface area contributed by atoms with Crippen LogP contribution in [0.25, 0.3) is 0 Å². The molecule has 2 rings (SSSR count). The van der Waals surface area contributed by atoms with Crippen molar-refractivity contribution in [1.29, 1.82) is 0 Å². The van der Waals surface area contributed by atoms with Crippen molar-refractivity contribution in [2.45, 2.75) is 25.3 Å². The highest BCUT2D eigenvalue weighted by molar-refractivity contribution is 5.88. The number of carbonyl (C=O) groups excluding carboxylic acids is 2. The molecule has 0 spiro atoms. The van der Waals surface area contributed by atoms with Gasteiger partial charge in [-0.05, 0) is 19.3 Å². The molecule has 7 heteroatoms. The predicted octanol–water partition coefficient (Wildman–Crippen LogP) is 0.368. The number of nitrogens with zero attached hydrogens (tertiary/aromatic N) is 3. The molecule has 1 unspecified atom stereocenters. The first-order valence-corrected chi connectivity index (χ1v) is 6.56. The van der Waals surface area contributed by atoms with Gasteiger partial charge < -0.3 is 15.0 Å². The largest absolute Gasteiger partial charge is 0.464 e. The number of esters is 1. The second kappa shape index (κ2) is 6.31. The highest BCUT2D eigenvalue weighted by Gasteiger charge is 2.29. The van der Waals surface area contributed by atoms with Gasteiger partial charge in [-0.3, -0.25) is 9.78 Å². The number of piperidine rings is 1. The average Bonchev–Trinajstić information content (AvgIpc) is 2.53. The van der Waals surface area contributed by atoms with Gasteiger partial charge in [-0.25, -0.2) is 9.78 Å². The molecule has 0 aliphatic carbocycles. The first kappa shape index (κ1) is 14.2. The van der Waals surface area contributed by atoms with E-state index in [1.807, 2.05) is 4.90 Å². The van der Waals surface area contributed by atoms with Crippen LogP contribution in [-0.2, 0) is 9.53 Å². The van der Waals surface area contributed by atoms with Crippen molar-refractivity contribution in [2.75, 3.05) is 25.6 Å². The fraction of sp³-hybridized carbons (Fsp3) is 0.538. The van der Waals surface area contributed by atoms with Crippen LogP contribution in [-0.4, -0.2) is 48.6 Å². The molecule has 1 aliphatic rings. The molecule has 1 fully saturated rings. The molecule has 0 radical (unpaired) electrons. The maximum absolute atomic E-state index is 11.9. The molecule has 0 saturated carbocycles. The molecule has 2 heterocycles. The number of likely N-dealkylation sites (N-methyl/N-ethyl adjacent to an activating group) is 1. The normalized spacial score (nSPS) is 18.5. The van der Waals surface area contributed by atoms with Gasteiger partial charge in [-0.15, -0.1) is 0 Å². The van der Waals surface area contributed by atoms with E-state index in [9.17, 15) is 9.59 Å². The maximum atomic E-state index is 11.9. The molecule has 1 aromatic heterocycles. The monoisotopic (exact) mass is 278 g/mol. The van der Waals surface area contributed by atoms with Gasteiger partial charge in [0.1, 0.15) is 11.9 Å². The smallest absolute Gasteiger partial charge is 0.358 e. The third kappa shape index (κ3) is 2.87. The quantitative estimate of drug-likeness (QED) is 0.804. The standard InChI is InChI=1S/C13H18N4O3/c1-14-12(18)10-5-3-4-6-17(10)11-8-15-7-9(16-11)13(19)20-2/h7-8,10H,3-6H2,1-2H3,(H,14,18). The van der Waals surface area contributed by atoms with Crippen molar-refractivity contribution in [3.8, 4) is 0 Å². The molecular weight excluding hydrogens is 260 g/mol. The number of aromatic nitrogens is 2. The number of hydrogen-bond acceptors (Lipinski definition) is 6. The first-order chi connectivity index (χ1) is 9.67. The van der Waals surface area contributed by atoms with Gasteiger partial charge in [0.2, 0.25) is 5.91 Å². The Labute approximate surface area is 117 Å². The summed E-state index contributed by atoms with van der Waals surface area (Å²) in [5.74, 6) is -0.0518. The predicted molar refractivity (Wildman–Crippen MR) is 72.4 cm³/mol. The molecule has 1 atom stereocenters. The lowest BCUT2D eigenvalue weighted by Crippen LogP contribution is -2.49. The number of rotatable bonds is 3. The number of hydrogen-bond donors (Lipinski definition) is 1. The van der Waals surface area contributed by atoms with E-state index in [0.29, 0.717) is 5.82 Å². The summed E-state index contributed by atoms with van der Waals surface area (Å²) in [6, 6.07) is -0.268. The van der Waals surface area contributed by atoms with E-state index in [-0.39, 0.29) is 17.6 Å². The summed E-state index contributed by atoms with van der Waals surface area (Å²) in [6.45, 7) is 0.720. The Kier molecular flexibility index (Phi) is 4.49. The van der Waals surface area contributed by atoms with E-state index in [1.54, 1.807) is 13.2 Å². The highest BCUT2D eigenvalue weighted by atomic mass is 16.5. The molecule has 1 aliphatic heterocycles. The van der Waals surface area contributed by atoms with Crippen LogP contribution in [0.1, 0.15) is 29.8 Å². The molecule has 0 aromatic carbocycles. The van der Waals surface area contributed by atoms with Crippen molar-refractivity contribution in [3.63, 3.8) is 0 Å². The van der Waals surface area contributed by atoms with Crippen molar-refractivity contribution < 1.29 is 14.3 Å². The lowest BCUT2D eigenvalue weighted by molar-refractivity contribution is -0.122. The summed E-state index contributed by atoms with van der Waals surface area (Å²) in [5, 5.41) is 2.66. The Morgan fingerprint density at radius 2 is 2.20 bits per heavy atom. The minimum atomic E-state index is -0.534. The summed E-state index contributed by atoms with van der Waals surface area (Å²) in [6.07, 6.45) is 5.67. The zero-order valence-corrected chi connectivity index (χ0v) is 11.6. The number of carbonyl (C=O) groups is 2. The van der Waals surface area contributed by atoms with Gasteiger partial charge in [-0.1, -0.05) is 0 Å². The molecular formula is C13H18N4O3. The Morgan fingerprint density at radius 1 is 1.40 bits per heavy atom. The van der Waals surface area contributed by atoms with E-state index in [1.165, 1.54) is 13.3 Å². The second-order valence-electron chi connectivity index (χ2n) is 4.57. The van der Waals surface area contributed by atoms with Crippen molar-refractivity contribution in [3.05, 3.63) is 18.1 Å². The molecule has 1 amide bonds. The molecule has 1 aromatic rings. The van der Waals surface area contributed by atoms with Crippen molar-refractivity contribution in [2.24, 2.45) is 0 Å². The van der Waals surface area contributed by atoms with Crippen LogP contribution in [0.5, 0.6) is 0 Å². The molecule has 1 N–H and O–H groups in total. The Morgan fingerprint density at radius 3 is 2.90 bits per heavy atom. The zero-order chi connectivity index (χ0) is 14.5. The van der Waals surface area contributed by atoms with E-state index < -0.39 is 5.97 Å². The van der Waals surface area contributed by atoms with E-state index >= 15 is 0 Å². The minimum absolute atomic E-state index is 0.0463. The van der Waals surface area contributed by atoms with Crippen LogP contribution in [0.15, 0.2) is 12.4 Å². The molecule has 108 valence electrons. The van der Waals surface area contributed by atoms with Crippen LogP contribution < -0.4 is 10.2 Å². The Balaban J connectivity index is 2.28. The minimum Gasteiger partial charge on any atom is -0.464 e. The van der Waals surface area contributed by atoms with Crippen molar-refractivity contribution in [1.82, 2.24) is 15.3 Å². The van der Waals surface area contributed by atoms with E-state index in [2.05, 4.69) is 20.0 Å². The summed E-state index contributed by atoms with van der Waals surface area (Å²) >= 11 is 0. The number of methoxy groups -OCH3 is 1. The van der Waals surface area contributed by atoms with Crippen LogP contribution >= 0.6 is 0 Å². The second-order valence-corrected chi connectivity index (χ2v) is 4.57. The summed E-state index contributed by atoms with van der Waals surface area (Å²) in [5.41, 5.74) is 0.145. The van der Waals surface area contributed by atoms with Gasteiger partial charge >= 0.3 is 5.97 Å². The fourth-order valence-electron chi connectivity index (χ4n) is 2.34. The molecule has 7 nitrogen and oxygen atoms in total. The van der Waals surface area contributed by atoms with E-state index in [4.69, 9.17) is 0 Å². The SMILES string of the molecule is CNC(=O)C1CCCCN1c1cncc(C(=O)OC)n1. The molecule has 0 bridgehead atoms. The average molecular weight is 278 g/mol. The maximum Gasteiger partial charge on any atom is 0.358 e. The number of nitrogens with one attached hydrogen (secondary N) is 1. The van der Waals surface area contributed by atoms with Crippen LogP contribution in [0.2, 0.25) is 0 Å². The molecule has 1 saturated heterocycles. The number of ether oxygens (including phenoxy) is 1. The number of anilines is 1. The van der Waals surface area contributed by atoms with Gasteiger partial charge in [0.15, 0.2) is 5.69 Å². The van der Waals surface area contributed by atoms with Crippen LogP contribution in [0.4, 0.5) is 5.82 Å². The summed E-state index contributed by atoms with van der Waals surface area (Å²) < 4.78 is 4.63. The van der Waals surface area contributed by atoms with Crippen LogP contribution in [0.3, 0.4) is 0 Å². The first-order valence-electron chi connectivity index (χ1n) is 6.56. The lowest BCUT2D eigenvalue weighted by Gasteiger charge is -2.35. The lowest BCUT2D eigenvalue weighted by atomic mass is 10.0. The highest BCUT2D eigenvalue weighted by Crippen LogP contribution is 2.23. The zero-order valence-electron chi connectivity index (χ0n) is 11.6. The van der Waals surface area contributed by atoms with Gasteiger partial charge in [0.05, 0.1) is 19.5 Å². The summed E-state index contributed by atoms with van der Waals surface area (Å²) in [4.78, 5) is 33.6. The molecule has 20 heavy (non-hydrogen) atoms. The van der Waals surface area contributed by atoms with Crippen LogP contribution in [0, 0.1) is 0 Å². The summed E-state index contributed by atoms with van der Waals surface area (Å²) in [7, 11) is 2.91. The third-order valence-electron chi connectivity index (χ3n) is 3.36. The fourth-order valence-corrected chi connectivity index (χ4v) is 2.34.